The van der Waals surface area contributed by atoms with Gasteiger partial charge in [0.25, 0.3) is 0 Å². The van der Waals surface area contributed by atoms with E-state index in [1.807, 2.05) is 0 Å². The molecule has 1 rings (SSSR count). The first-order valence-electron chi connectivity index (χ1n) is 6.54. The molecule has 1 N–H and O–H groups in total. The summed E-state index contributed by atoms with van der Waals surface area (Å²) in [5, 5.41) is 3.19. The van der Waals surface area contributed by atoms with E-state index in [4.69, 9.17) is 0 Å². The van der Waals surface area contributed by atoms with Crippen LogP contribution in [0.2, 0.25) is 0 Å². The second kappa shape index (κ2) is 7.53. The van der Waals surface area contributed by atoms with Crippen molar-refractivity contribution in [1.82, 2.24) is 15.3 Å². The average Bonchev–Trinajstić information content (AvgIpc) is 2.38. The molecular weight excluding hydrogens is 290 g/mol. The normalized spacial score (nSPS) is 12.2. The van der Waals surface area contributed by atoms with Gasteiger partial charge in [0.2, 0.25) is 0 Å². The minimum Gasteiger partial charge on any atom is -0.457 e. The number of nitrogens with one attached hydrogen (secondary N) is 1. The molecule has 1 aromatic heterocycles. The van der Waals surface area contributed by atoms with E-state index in [0.29, 0.717) is 18.2 Å². The molecule has 0 spiro atoms. The maximum absolute atomic E-state index is 12.7. The predicted molar refractivity (Wildman–Crippen MR) is 69.8 cm³/mol. The Morgan fingerprint density at radius 2 is 2.00 bits per heavy atom. The van der Waals surface area contributed by atoms with Gasteiger partial charge in [-0.05, 0) is 19.4 Å². The molecule has 0 fully saturated rings. The molecule has 0 aliphatic heterocycles. The highest BCUT2D eigenvalue weighted by atomic mass is 19.3. The summed E-state index contributed by atoms with van der Waals surface area (Å²) in [5.74, 6) is -3.72. The van der Waals surface area contributed by atoms with Crippen LogP contribution in [0.3, 0.4) is 0 Å². The van der Waals surface area contributed by atoms with Crippen LogP contribution in [-0.4, -0.2) is 35.5 Å². The third-order valence-electron chi connectivity index (χ3n) is 2.64. The number of hydrogen-bond acceptors (Lipinski definition) is 4. The Kier molecular flexibility index (Phi) is 6.32. The van der Waals surface area contributed by atoms with Crippen molar-refractivity contribution >= 4 is 0 Å². The smallest absolute Gasteiger partial charge is 0.340 e. The molecule has 0 unspecified atom stereocenters. The fraction of sp³-hybridized carbons (Fsp3) is 0.692. The molecule has 120 valence electrons. The van der Waals surface area contributed by atoms with Gasteiger partial charge in [0, 0.05) is 24.0 Å². The van der Waals surface area contributed by atoms with Gasteiger partial charge >= 0.3 is 18.4 Å². The summed E-state index contributed by atoms with van der Waals surface area (Å²) >= 11 is 0. The van der Waals surface area contributed by atoms with E-state index < -0.39 is 19.0 Å². The minimum atomic E-state index is -4.21. The van der Waals surface area contributed by atoms with Crippen molar-refractivity contribution < 1.29 is 22.3 Å². The lowest BCUT2D eigenvalue weighted by molar-refractivity contribution is -0.149. The Hall–Kier alpha value is -1.44. The highest BCUT2D eigenvalue weighted by Gasteiger charge is 2.42. The zero-order valence-electron chi connectivity index (χ0n) is 12.2. The molecule has 0 aliphatic carbocycles. The van der Waals surface area contributed by atoms with Gasteiger partial charge in [-0.3, -0.25) is 0 Å². The van der Waals surface area contributed by atoms with Gasteiger partial charge < -0.3 is 10.1 Å². The molecule has 0 aliphatic rings. The van der Waals surface area contributed by atoms with Crippen molar-refractivity contribution in [2.24, 2.45) is 5.92 Å². The Bertz CT molecular complexity index is 455. The summed E-state index contributed by atoms with van der Waals surface area (Å²) in [5.41, 5.74) is 1.35. The largest absolute Gasteiger partial charge is 0.457 e. The van der Waals surface area contributed by atoms with Crippen LogP contribution in [0, 0.1) is 12.8 Å². The predicted octanol–water partition coefficient (Wildman–Crippen LogP) is 2.81. The molecule has 0 saturated heterocycles. The molecule has 0 bridgehead atoms. The van der Waals surface area contributed by atoms with Crippen molar-refractivity contribution in [3.63, 3.8) is 0 Å². The second-order valence-electron chi connectivity index (χ2n) is 5.14. The Labute approximate surface area is 120 Å². The minimum absolute atomic E-state index is 0.333. The zero-order valence-corrected chi connectivity index (χ0v) is 12.2. The van der Waals surface area contributed by atoms with Crippen molar-refractivity contribution in [3.05, 3.63) is 17.5 Å². The van der Waals surface area contributed by atoms with Crippen molar-refractivity contribution in [1.29, 1.82) is 0 Å². The Morgan fingerprint density at radius 3 is 2.52 bits per heavy atom. The summed E-state index contributed by atoms with van der Waals surface area (Å²) in [4.78, 5) is 7.63. The fourth-order valence-electron chi connectivity index (χ4n) is 1.43. The van der Waals surface area contributed by atoms with Crippen LogP contribution in [0.5, 0.6) is 6.01 Å². The van der Waals surface area contributed by atoms with E-state index >= 15 is 0 Å². The molecule has 1 aromatic rings. The lowest BCUT2D eigenvalue weighted by Gasteiger charge is -2.15. The van der Waals surface area contributed by atoms with Gasteiger partial charge in [0.1, 0.15) is 0 Å². The van der Waals surface area contributed by atoms with Crippen molar-refractivity contribution in [2.45, 2.75) is 39.7 Å². The summed E-state index contributed by atoms with van der Waals surface area (Å²) in [6, 6.07) is -0.333. The summed E-state index contributed by atoms with van der Waals surface area (Å²) < 4.78 is 53.9. The molecule has 8 heteroatoms. The number of nitrogens with zero attached hydrogens (tertiary/aromatic N) is 2. The number of halogens is 4. The standard InChI is InChI=1S/C13H19F4N3O/c1-8(2)4-18-5-10-6-19-12(20-9(10)3)21-7-13(16,17)11(14)15/h6,8,11,18H,4-5,7H2,1-3H3. The van der Waals surface area contributed by atoms with E-state index in [9.17, 15) is 17.6 Å². The third kappa shape index (κ3) is 5.82. The zero-order chi connectivity index (χ0) is 16.0. The van der Waals surface area contributed by atoms with Crippen LogP contribution in [0.15, 0.2) is 6.20 Å². The number of aromatic nitrogens is 2. The third-order valence-corrected chi connectivity index (χ3v) is 2.64. The van der Waals surface area contributed by atoms with Gasteiger partial charge in [-0.2, -0.15) is 8.78 Å². The number of alkyl halides is 4. The topological polar surface area (TPSA) is 47.0 Å². The monoisotopic (exact) mass is 309 g/mol. The van der Waals surface area contributed by atoms with Crippen LogP contribution >= 0.6 is 0 Å². The number of hydrogen-bond donors (Lipinski definition) is 1. The maximum atomic E-state index is 12.7. The number of aryl methyl sites for hydroxylation is 1. The Morgan fingerprint density at radius 1 is 1.33 bits per heavy atom. The van der Waals surface area contributed by atoms with Gasteiger partial charge in [-0.15, -0.1) is 0 Å². The Balaban J connectivity index is 2.57. The first-order chi connectivity index (χ1) is 9.72. The number of rotatable bonds is 8. The molecule has 1 heterocycles. The summed E-state index contributed by atoms with van der Waals surface area (Å²) in [7, 11) is 0. The molecule has 0 atom stereocenters. The van der Waals surface area contributed by atoms with E-state index in [-0.39, 0.29) is 6.01 Å². The maximum Gasteiger partial charge on any atom is 0.340 e. The fourth-order valence-corrected chi connectivity index (χ4v) is 1.43. The lowest BCUT2D eigenvalue weighted by atomic mass is 10.2. The summed E-state index contributed by atoms with van der Waals surface area (Å²) in [6.07, 6.45) is -2.34. The van der Waals surface area contributed by atoms with Gasteiger partial charge in [-0.25, -0.2) is 18.7 Å². The van der Waals surface area contributed by atoms with Crippen LogP contribution in [0.4, 0.5) is 17.6 Å². The molecule has 4 nitrogen and oxygen atoms in total. The van der Waals surface area contributed by atoms with E-state index in [2.05, 4.69) is 33.9 Å². The van der Waals surface area contributed by atoms with Gasteiger partial charge in [0.15, 0.2) is 6.61 Å². The summed E-state index contributed by atoms with van der Waals surface area (Å²) in [6.45, 7) is 5.71. The van der Waals surface area contributed by atoms with E-state index in [1.165, 1.54) is 6.20 Å². The molecular formula is C13H19F4N3O. The molecule has 0 radical (unpaired) electrons. The van der Waals surface area contributed by atoms with Gasteiger partial charge in [0.05, 0.1) is 0 Å². The quantitative estimate of drug-likeness (QED) is 0.750. The first-order valence-corrected chi connectivity index (χ1v) is 6.54. The average molecular weight is 309 g/mol. The van der Waals surface area contributed by atoms with Crippen LogP contribution in [0.25, 0.3) is 0 Å². The lowest BCUT2D eigenvalue weighted by Crippen LogP contribution is -2.34. The van der Waals surface area contributed by atoms with E-state index in [1.54, 1.807) is 6.92 Å². The van der Waals surface area contributed by atoms with Crippen LogP contribution in [-0.2, 0) is 6.54 Å². The van der Waals surface area contributed by atoms with Crippen molar-refractivity contribution in [3.8, 4) is 6.01 Å². The van der Waals surface area contributed by atoms with E-state index in [0.717, 1.165) is 12.1 Å². The highest BCUT2D eigenvalue weighted by molar-refractivity contribution is 5.17. The van der Waals surface area contributed by atoms with Gasteiger partial charge in [-0.1, -0.05) is 13.8 Å². The van der Waals surface area contributed by atoms with Crippen molar-refractivity contribution in [2.75, 3.05) is 13.2 Å². The first kappa shape index (κ1) is 17.6. The van der Waals surface area contributed by atoms with Crippen LogP contribution < -0.4 is 10.1 Å². The molecule has 0 saturated carbocycles. The molecule has 0 aromatic carbocycles. The number of ether oxygens (including phenoxy) is 1. The highest BCUT2D eigenvalue weighted by Crippen LogP contribution is 2.23. The second-order valence-corrected chi connectivity index (χ2v) is 5.14. The SMILES string of the molecule is Cc1nc(OCC(F)(F)C(F)F)ncc1CNCC(C)C. The molecule has 0 amide bonds. The van der Waals surface area contributed by atoms with Crippen LogP contribution in [0.1, 0.15) is 25.1 Å². The molecule has 21 heavy (non-hydrogen) atoms.